The first-order chi connectivity index (χ1) is 12.1. The lowest BCUT2D eigenvalue weighted by Crippen LogP contribution is -2.03. The van der Waals surface area contributed by atoms with E-state index in [2.05, 4.69) is 9.97 Å². The third kappa shape index (κ3) is 4.06. The van der Waals surface area contributed by atoms with Crippen molar-refractivity contribution in [2.24, 2.45) is 0 Å². The number of nitrogens with one attached hydrogen (secondary N) is 1. The third-order valence-electron chi connectivity index (χ3n) is 3.52. The number of rotatable bonds is 6. The molecule has 0 atom stereocenters. The predicted molar refractivity (Wildman–Crippen MR) is 92.0 cm³/mol. The summed E-state index contributed by atoms with van der Waals surface area (Å²) < 4.78 is 31.4. The summed E-state index contributed by atoms with van der Waals surface area (Å²) in [6, 6.07) is 10.1. The van der Waals surface area contributed by atoms with Gasteiger partial charge >= 0.3 is 0 Å². The van der Waals surface area contributed by atoms with Crippen LogP contribution in [0.3, 0.4) is 0 Å². The van der Waals surface area contributed by atoms with Crippen molar-refractivity contribution in [3.05, 3.63) is 65.9 Å². The van der Waals surface area contributed by atoms with Gasteiger partial charge in [-0.15, -0.1) is 0 Å². The maximum Gasteiger partial charge on any atom is 0.173 e. The number of ketones is 1. The van der Waals surface area contributed by atoms with Gasteiger partial charge in [0.25, 0.3) is 0 Å². The van der Waals surface area contributed by atoms with E-state index >= 15 is 0 Å². The van der Waals surface area contributed by atoms with E-state index < -0.39 is 5.82 Å². The molecule has 128 valence electrons. The second-order valence-electron chi connectivity index (χ2n) is 5.17. The molecule has 0 bridgehead atoms. The monoisotopic (exact) mass is 360 g/mol. The van der Waals surface area contributed by atoms with Gasteiger partial charge in [-0.25, -0.2) is 13.8 Å². The Morgan fingerprint density at radius 1 is 1.20 bits per heavy atom. The van der Waals surface area contributed by atoms with Crippen LogP contribution in [0.15, 0.2) is 53.8 Å². The number of carbonyl (C=O) groups excluding carboxylic acids is 1. The molecule has 0 unspecified atom stereocenters. The summed E-state index contributed by atoms with van der Waals surface area (Å²) in [7, 11) is 1.37. The number of imidazole rings is 1. The Morgan fingerprint density at radius 3 is 2.64 bits per heavy atom. The van der Waals surface area contributed by atoms with Crippen molar-refractivity contribution in [2.45, 2.75) is 5.16 Å². The topological polar surface area (TPSA) is 55.0 Å². The number of hydrogen-bond donors (Lipinski definition) is 1. The summed E-state index contributed by atoms with van der Waals surface area (Å²) in [5.41, 5.74) is 1.80. The molecule has 0 aliphatic heterocycles. The Kier molecular flexibility index (Phi) is 5.14. The smallest absolute Gasteiger partial charge is 0.173 e. The molecule has 2 aromatic carbocycles. The van der Waals surface area contributed by atoms with Gasteiger partial charge in [-0.3, -0.25) is 4.79 Å². The number of Topliss-reactive ketones (excluding diaryl/α,β-unsaturated/α-hetero) is 1. The number of aromatic amines is 1. The number of H-pyrrole nitrogens is 1. The highest BCUT2D eigenvalue weighted by Gasteiger charge is 2.12. The fourth-order valence-electron chi connectivity index (χ4n) is 2.21. The predicted octanol–water partition coefficient (Wildman–Crippen LogP) is 4.34. The van der Waals surface area contributed by atoms with Crippen LogP contribution < -0.4 is 4.74 Å². The molecular weight excluding hydrogens is 346 g/mol. The molecule has 0 amide bonds. The van der Waals surface area contributed by atoms with Crippen LogP contribution in [0, 0.1) is 11.6 Å². The molecule has 3 rings (SSSR count). The molecule has 25 heavy (non-hydrogen) atoms. The summed E-state index contributed by atoms with van der Waals surface area (Å²) in [5.74, 6) is -0.891. The maximum atomic E-state index is 13.7. The first-order valence-corrected chi connectivity index (χ1v) is 8.36. The SMILES string of the molecule is COc1ccc(C(=O)CSc2ncc(-c3ccc(F)cc3)[nH]2)cc1F. The van der Waals surface area contributed by atoms with Gasteiger partial charge in [-0.1, -0.05) is 11.8 Å². The number of aromatic nitrogens is 2. The van der Waals surface area contributed by atoms with Gasteiger partial charge in [0.2, 0.25) is 0 Å². The molecule has 1 N–H and O–H groups in total. The summed E-state index contributed by atoms with van der Waals surface area (Å²) >= 11 is 1.21. The Labute approximate surface area is 147 Å². The number of halogens is 2. The average molecular weight is 360 g/mol. The maximum absolute atomic E-state index is 13.7. The van der Waals surface area contributed by atoms with Gasteiger partial charge in [0, 0.05) is 5.56 Å². The normalized spacial score (nSPS) is 10.7. The van der Waals surface area contributed by atoms with Crippen molar-refractivity contribution >= 4 is 17.5 Å². The number of benzene rings is 2. The molecule has 0 aliphatic rings. The van der Waals surface area contributed by atoms with Crippen molar-refractivity contribution in [2.75, 3.05) is 12.9 Å². The van der Waals surface area contributed by atoms with Gasteiger partial charge in [0.1, 0.15) is 5.82 Å². The molecule has 0 spiro atoms. The molecule has 1 aromatic heterocycles. The third-order valence-corrected chi connectivity index (χ3v) is 4.41. The summed E-state index contributed by atoms with van der Waals surface area (Å²) in [6.45, 7) is 0. The van der Waals surface area contributed by atoms with Crippen LogP contribution >= 0.6 is 11.8 Å². The molecule has 0 aliphatic carbocycles. The highest BCUT2D eigenvalue weighted by atomic mass is 32.2. The van der Waals surface area contributed by atoms with E-state index in [4.69, 9.17) is 4.74 Å². The van der Waals surface area contributed by atoms with Gasteiger partial charge in [-0.2, -0.15) is 0 Å². The van der Waals surface area contributed by atoms with Gasteiger partial charge in [-0.05, 0) is 48.0 Å². The van der Waals surface area contributed by atoms with E-state index in [0.29, 0.717) is 5.16 Å². The molecule has 0 fully saturated rings. The molecule has 0 saturated heterocycles. The van der Waals surface area contributed by atoms with Crippen LogP contribution in [-0.2, 0) is 0 Å². The lowest BCUT2D eigenvalue weighted by atomic mass is 10.1. The summed E-state index contributed by atoms with van der Waals surface area (Å²) in [5, 5.41) is 0.557. The molecule has 0 saturated carbocycles. The van der Waals surface area contributed by atoms with Crippen LogP contribution in [0.2, 0.25) is 0 Å². The van der Waals surface area contributed by atoms with Gasteiger partial charge in [0.15, 0.2) is 22.5 Å². The van der Waals surface area contributed by atoms with Crippen LogP contribution in [-0.4, -0.2) is 28.6 Å². The standard InChI is InChI=1S/C18H14F2N2O2S/c1-24-17-7-4-12(8-14(17)20)16(23)10-25-18-21-9-15(22-18)11-2-5-13(19)6-3-11/h2-9H,10H2,1H3,(H,21,22). The number of hydrogen-bond acceptors (Lipinski definition) is 4. The second-order valence-corrected chi connectivity index (χ2v) is 6.13. The molecule has 4 nitrogen and oxygen atoms in total. The van der Waals surface area contributed by atoms with Crippen LogP contribution in [0.5, 0.6) is 5.75 Å². The number of carbonyl (C=O) groups is 1. The lowest BCUT2D eigenvalue weighted by molar-refractivity contribution is 0.102. The fourth-order valence-corrected chi connectivity index (χ4v) is 2.95. The van der Waals surface area contributed by atoms with E-state index in [1.54, 1.807) is 18.3 Å². The van der Waals surface area contributed by atoms with E-state index in [-0.39, 0.29) is 28.7 Å². The van der Waals surface area contributed by atoms with Crippen molar-refractivity contribution in [1.82, 2.24) is 9.97 Å². The zero-order valence-corrected chi connectivity index (χ0v) is 14.1. The van der Waals surface area contributed by atoms with Crippen LogP contribution in [0.1, 0.15) is 10.4 Å². The first kappa shape index (κ1) is 17.2. The molecule has 1 heterocycles. The number of nitrogens with zero attached hydrogens (tertiary/aromatic N) is 1. The van der Waals surface area contributed by atoms with Crippen LogP contribution in [0.4, 0.5) is 8.78 Å². The first-order valence-electron chi connectivity index (χ1n) is 7.37. The largest absolute Gasteiger partial charge is 0.494 e. The second kappa shape index (κ2) is 7.48. The fraction of sp³-hybridized carbons (Fsp3) is 0.111. The van der Waals surface area contributed by atoms with E-state index in [9.17, 15) is 13.6 Å². The number of methoxy groups -OCH3 is 1. The van der Waals surface area contributed by atoms with Gasteiger partial charge < -0.3 is 9.72 Å². The van der Waals surface area contributed by atoms with Gasteiger partial charge in [0.05, 0.1) is 24.8 Å². The van der Waals surface area contributed by atoms with E-state index in [1.807, 2.05) is 0 Å². The highest BCUT2D eigenvalue weighted by Crippen LogP contribution is 2.23. The Morgan fingerprint density at radius 2 is 1.96 bits per heavy atom. The zero-order valence-electron chi connectivity index (χ0n) is 13.3. The minimum atomic E-state index is -0.574. The quantitative estimate of drug-likeness (QED) is 0.525. The Balaban J connectivity index is 1.65. The van der Waals surface area contributed by atoms with Crippen molar-refractivity contribution in [1.29, 1.82) is 0 Å². The molecular formula is C18H14F2N2O2S. The minimum Gasteiger partial charge on any atom is -0.494 e. The summed E-state index contributed by atoms with van der Waals surface area (Å²) in [4.78, 5) is 19.4. The van der Waals surface area contributed by atoms with Crippen molar-refractivity contribution in [3.8, 4) is 17.0 Å². The molecule has 0 radical (unpaired) electrons. The molecule has 7 heteroatoms. The highest BCUT2D eigenvalue weighted by molar-refractivity contribution is 7.99. The zero-order chi connectivity index (χ0) is 17.8. The number of ether oxygens (including phenoxy) is 1. The number of thioether (sulfide) groups is 1. The van der Waals surface area contributed by atoms with Crippen molar-refractivity contribution < 1.29 is 18.3 Å². The minimum absolute atomic E-state index is 0.0965. The van der Waals surface area contributed by atoms with E-state index in [0.717, 1.165) is 17.3 Å². The van der Waals surface area contributed by atoms with Crippen LogP contribution in [0.25, 0.3) is 11.3 Å². The van der Waals surface area contributed by atoms with E-state index in [1.165, 1.54) is 43.1 Å². The average Bonchev–Trinajstić information content (AvgIpc) is 3.09. The Hall–Kier alpha value is -2.67. The lowest BCUT2D eigenvalue weighted by Gasteiger charge is -2.04. The van der Waals surface area contributed by atoms with Crippen molar-refractivity contribution in [3.63, 3.8) is 0 Å². The molecule has 3 aromatic rings. The summed E-state index contributed by atoms with van der Waals surface area (Å²) in [6.07, 6.45) is 1.62. The Bertz CT molecular complexity index is 894.